The van der Waals surface area contributed by atoms with E-state index in [1.165, 1.54) is 0 Å². The molecule has 3 aromatic carbocycles. The van der Waals surface area contributed by atoms with Crippen LogP contribution in [0.1, 0.15) is 70.1 Å². The fraction of sp³-hybridized carbons (Fsp3) is 0.475. The molecule has 2 amide bonds. The minimum Gasteiger partial charge on any atom is -0.466 e. The van der Waals surface area contributed by atoms with E-state index in [9.17, 15) is 14.4 Å². The van der Waals surface area contributed by atoms with Gasteiger partial charge in [-0.3, -0.25) is 9.59 Å². The number of alkyl carbamates (subject to hydrolysis) is 1. The van der Waals surface area contributed by atoms with E-state index < -0.39 is 60.4 Å². The number of esters is 1. The summed E-state index contributed by atoms with van der Waals surface area (Å²) in [5.74, 6) is -2.00. The van der Waals surface area contributed by atoms with Crippen molar-refractivity contribution in [3.05, 3.63) is 95.6 Å². The standard InChI is InChI=1S/C40H48N2O9/c1-6-46-33(43)21-31(34-35(47-22-25-14-8-7-9-15-25)36-38(49-34)51-40(4,5)50-36)41-37(44)32(20-24(2)3)42-39(45)48-23-30-28-18-12-10-16-26(28)27-17-11-13-19-29(27)30/h7-19,24,30-32,34-36,38H,6,20-23H2,1-5H3,(H,41,44)(H,42,45)/t31-,32+,34+,35-,36+,38+/m0/s1. The van der Waals surface area contributed by atoms with Gasteiger partial charge in [0.05, 0.1) is 25.7 Å². The average molecular weight is 701 g/mol. The zero-order valence-electron chi connectivity index (χ0n) is 29.8. The van der Waals surface area contributed by atoms with Gasteiger partial charge in [-0.2, -0.15) is 0 Å². The molecule has 0 bridgehead atoms. The van der Waals surface area contributed by atoms with Crippen molar-refractivity contribution in [1.29, 1.82) is 0 Å². The summed E-state index contributed by atoms with van der Waals surface area (Å²) in [4.78, 5) is 40.3. The number of rotatable bonds is 14. The molecule has 2 N–H and O–H groups in total. The Morgan fingerprint density at radius 3 is 2.14 bits per heavy atom. The molecule has 3 aromatic rings. The lowest BCUT2D eigenvalue weighted by Gasteiger charge is -2.32. The summed E-state index contributed by atoms with van der Waals surface area (Å²) < 4.78 is 36.1. The van der Waals surface area contributed by atoms with E-state index in [4.69, 9.17) is 28.4 Å². The molecule has 11 heteroatoms. The molecule has 3 aliphatic rings. The Kier molecular flexibility index (Phi) is 11.4. The van der Waals surface area contributed by atoms with Crippen molar-refractivity contribution in [3.8, 4) is 11.1 Å². The van der Waals surface area contributed by atoms with Crippen molar-refractivity contribution in [2.75, 3.05) is 13.2 Å². The van der Waals surface area contributed by atoms with E-state index >= 15 is 0 Å². The van der Waals surface area contributed by atoms with Gasteiger partial charge in [0.15, 0.2) is 12.1 Å². The van der Waals surface area contributed by atoms with Crippen LogP contribution in [0.25, 0.3) is 11.1 Å². The molecule has 0 saturated carbocycles. The second-order valence-corrected chi connectivity index (χ2v) is 14.1. The Labute approximate surface area is 299 Å². The first-order valence-electron chi connectivity index (χ1n) is 17.8. The number of ether oxygens (including phenoxy) is 6. The number of nitrogens with one attached hydrogen (secondary N) is 2. The maximum Gasteiger partial charge on any atom is 0.407 e. The highest BCUT2D eigenvalue weighted by Crippen LogP contribution is 2.44. The first kappa shape index (κ1) is 36.5. The molecule has 0 radical (unpaired) electrons. The molecule has 6 atom stereocenters. The van der Waals surface area contributed by atoms with Gasteiger partial charge < -0.3 is 39.1 Å². The Morgan fingerprint density at radius 2 is 1.49 bits per heavy atom. The second-order valence-electron chi connectivity index (χ2n) is 14.1. The summed E-state index contributed by atoms with van der Waals surface area (Å²) in [5, 5.41) is 5.79. The maximum absolute atomic E-state index is 14.1. The summed E-state index contributed by atoms with van der Waals surface area (Å²) in [6.45, 7) is 9.75. The lowest BCUT2D eigenvalue weighted by molar-refractivity contribution is -0.223. The zero-order chi connectivity index (χ0) is 36.1. The molecule has 0 aromatic heterocycles. The largest absolute Gasteiger partial charge is 0.466 e. The summed E-state index contributed by atoms with van der Waals surface area (Å²) in [6.07, 6.45) is -3.50. The Balaban J connectivity index is 1.17. The second kappa shape index (κ2) is 15.9. The fourth-order valence-corrected chi connectivity index (χ4v) is 7.20. The van der Waals surface area contributed by atoms with Gasteiger partial charge >= 0.3 is 12.1 Å². The quantitative estimate of drug-likeness (QED) is 0.199. The smallest absolute Gasteiger partial charge is 0.407 e. The molecule has 0 unspecified atom stereocenters. The Bertz CT molecular complexity index is 1630. The molecule has 2 saturated heterocycles. The molecule has 6 rings (SSSR count). The predicted octanol–water partition coefficient (Wildman–Crippen LogP) is 5.84. The highest BCUT2D eigenvalue weighted by Gasteiger charge is 2.57. The number of carbonyl (C=O) groups excluding carboxylic acids is 3. The lowest BCUT2D eigenvalue weighted by Crippen LogP contribution is -2.56. The molecule has 11 nitrogen and oxygen atoms in total. The van der Waals surface area contributed by atoms with Gasteiger partial charge in [-0.05, 0) is 60.9 Å². The summed E-state index contributed by atoms with van der Waals surface area (Å²) >= 11 is 0. The maximum atomic E-state index is 14.1. The van der Waals surface area contributed by atoms with Crippen LogP contribution in [0.2, 0.25) is 0 Å². The Hall–Kier alpha value is -4.29. The van der Waals surface area contributed by atoms with Crippen molar-refractivity contribution < 1.29 is 42.8 Å². The van der Waals surface area contributed by atoms with Crippen LogP contribution in [0.5, 0.6) is 0 Å². The van der Waals surface area contributed by atoms with Gasteiger partial charge in [0, 0.05) is 5.92 Å². The number of benzene rings is 3. The predicted molar refractivity (Wildman–Crippen MR) is 188 cm³/mol. The van der Waals surface area contributed by atoms with Gasteiger partial charge in [-0.1, -0.05) is 92.7 Å². The third-order valence-electron chi connectivity index (χ3n) is 9.39. The van der Waals surface area contributed by atoms with Crippen molar-refractivity contribution in [2.24, 2.45) is 5.92 Å². The van der Waals surface area contributed by atoms with Gasteiger partial charge in [0.1, 0.15) is 31.0 Å². The minimum atomic E-state index is -0.957. The highest BCUT2D eigenvalue weighted by molar-refractivity contribution is 5.86. The SMILES string of the molecule is CCOC(=O)C[C@H](NC(=O)[C@@H](CC(C)C)NC(=O)OCC1c2ccccc2-c2ccccc21)[C@H]1O[C@@H]2OC(C)(C)O[C@@H]2[C@H]1OCc1ccccc1. The van der Waals surface area contributed by atoms with Gasteiger partial charge in [0.25, 0.3) is 0 Å². The molecule has 51 heavy (non-hydrogen) atoms. The van der Waals surface area contributed by atoms with Crippen LogP contribution in [0, 0.1) is 5.92 Å². The third kappa shape index (κ3) is 8.61. The van der Waals surface area contributed by atoms with Crippen molar-refractivity contribution in [3.63, 3.8) is 0 Å². The van der Waals surface area contributed by atoms with Crippen LogP contribution in [0.15, 0.2) is 78.9 Å². The normalized spacial score (nSPS) is 22.8. The molecular formula is C40H48N2O9. The van der Waals surface area contributed by atoms with Gasteiger partial charge in [-0.25, -0.2) is 4.79 Å². The lowest BCUT2D eigenvalue weighted by atomic mass is 9.98. The Morgan fingerprint density at radius 1 is 0.843 bits per heavy atom. The van der Waals surface area contributed by atoms with Crippen LogP contribution in [0.3, 0.4) is 0 Å². The number of amides is 2. The molecule has 272 valence electrons. The van der Waals surface area contributed by atoms with Crippen LogP contribution in [-0.2, 0) is 44.6 Å². The van der Waals surface area contributed by atoms with Crippen LogP contribution >= 0.6 is 0 Å². The molecule has 2 fully saturated rings. The fourth-order valence-electron chi connectivity index (χ4n) is 7.20. The highest BCUT2D eigenvalue weighted by atomic mass is 16.8. The first-order chi connectivity index (χ1) is 24.5. The first-order valence-corrected chi connectivity index (χ1v) is 17.8. The van der Waals surface area contributed by atoms with Crippen LogP contribution < -0.4 is 10.6 Å². The van der Waals surface area contributed by atoms with Crippen molar-refractivity contribution in [2.45, 2.75) is 102 Å². The number of hydrogen-bond donors (Lipinski definition) is 2. The molecule has 2 aliphatic heterocycles. The number of carbonyl (C=O) groups is 3. The summed E-state index contributed by atoms with van der Waals surface area (Å²) in [7, 11) is 0. The van der Waals surface area contributed by atoms with Gasteiger partial charge in [0.2, 0.25) is 5.91 Å². The summed E-state index contributed by atoms with van der Waals surface area (Å²) in [5.41, 5.74) is 5.36. The molecular weight excluding hydrogens is 652 g/mol. The third-order valence-corrected chi connectivity index (χ3v) is 9.39. The number of hydrogen-bond acceptors (Lipinski definition) is 9. The van der Waals surface area contributed by atoms with E-state index in [-0.39, 0.29) is 38.1 Å². The van der Waals surface area contributed by atoms with Crippen LogP contribution in [-0.4, -0.2) is 73.7 Å². The molecule has 0 spiro atoms. The van der Waals surface area contributed by atoms with Gasteiger partial charge in [-0.15, -0.1) is 0 Å². The van der Waals surface area contributed by atoms with E-state index in [0.717, 1.165) is 27.8 Å². The monoisotopic (exact) mass is 700 g/mol. The summed E-state index contributed by atoms with van der Waals surface area (Å²) in [6, 6.07) is 24.0. The van der Waals surface area contributed by atoms with E-state index in [1.807, 2.05) is 80.6 Å². The van der Waals surface area contributed by atoms with Crippen molar-refractivity contribution in [1.82, 2.24) is 10.6 Å². The number of fused-ring (bicyclic) bond motifs is 4. The molecule has 2 heterocycles. The zero-order valence-corrected chi connectivity index (χ0v) is 29.8. The van der Waals surface area contributed by atoms with E-state index in [1.54, 1.807) is 20.8 Å². The van der Waals surface area contributed by atoms with Crippen LogP contribution in [0.4, 0.5) is 4.79 Å². The minimum absolute atomic E-state index is 0.0474. The van der Waals surface area contributed by atoms with Crippen molar-refractivity contribution >= 4 is 18.0 Å². The van der Waals surface area contributed by atoms with E-state index in [2.05, 4.69) is 22.8 Å². The topological polar surface area (TPSA) is 131 Å². The molecule has 1 aliphatic carbocycles. The average Bonchev–Trinajstić information content (AvgIpc) is 3.71. The van der Waals surface area contributed by atoms with E-state index in [0.29, 0.717) is 6.42 Å².